The van der Waals surface area contributed by atoms with Gasteiger partial charge in [-0.15, -0.1) is 0 Å². The van der Waals surface area contributed by atoms with Crippen LogP contribution in [0.15, 0.2) is 54.6 Å². The molecule has 0 aliphatic carbocycles. The number of hydrogen-bond donors (Lipinski definition) is 5. The van der Waals surface area contributed by atoms with Crippen molar-refractivity contribution in [2.24, 2.45) is 5.92 Å². The number of carboxylic acids is 2. The van der Waals surface area contributed by atoms with E-state index in [1.165, 1.54) is 12.1 Å². The Balaban J connectivity index is 2.46. The number of phenols is 1. The molecule has 0 aliphatic heterocycles. The predicted molar refractivity (Wildman–Crippen MR) is 103 cm³/mol. The Morgan fingerprint density at radius 3 is 2.11 bits per heavy atom. The van der Waals surface area contributed by atoms with Gasteiger partial charge in [-0.25, -0.2) is 0 Å². The van der Waals surface area contributed by atoms with E-state index in [0.29, 0.717) is 11.3 Å². The van der Waals surface area contributed by atoms with Crippen molar-refractivity contribution in [3.05, 3.63) is 60.2 Å². The molecule has 0 fully saturated rings. The molecular weight excluding hydrogens is 385 g/mol. The standard InChI is InChI=1S/C19H20NO7P/c21-14-8-6-13(7-9-14)20-17(12-4-2-1-3-5-12)18(28(26)27)15(19(24)25)10-11-16(22)23/h1-9,15,17-18,20H,10-11H2,(H3-,21,22,23,24,25,26,27)/p+1. The predicted octanol–water partition coefficient (Wildman–Crippen LogP) is 3.21. The van der Waals surface area contributed by atoms with Crippen LogP contribution >= 0.6 is 8.03 Å². The van der Waals surface area contributed by atoms with Gasteiger partial charge in [0, 0.05) is 12.1 Å². The Morgan fingerprint density at radius 1 is 1.00 bits per heavy atom. The third kappa shape index (κ3) is 5.77. The largest absolute Gasteiger partial charge is 0.512 e. The number of aliphatic carboxylic acids is 2. The minimum absolute atomic E-state index is 0.0384. The molecule has 0 saturated carbocycles. The Morgan fingerprint density at radius 2 is 1.61 bits per heavy atom. The van der Waals surface area contributed by atoms with E-state index in [0.717, 1.165) is 0 Å². The maximum Gasteiger partial charge on any atom is 0.512 e. The van der Waals surface area contributed by atoms with Gasteiger partial charge in [0.15, 0.2) is 0 Å². The van der Waals surface area contributed by atoms with Crippen LogP contribution in [0.4, 0.5) is 5.69 Å². The number of hydrogen-bond acceptors (Lipinski definition) is 5. The lowest BCUT2D eigenvalue weighted by Crippen LogP contribution is -2.35. The van der Waals surface area contributed by atoms with Gasteiger partial charge in [-0.1, -0.05) is 30.3 Å². The third-order valence-electron chi connectivity index (χ3n) is 4.34. The fourth-order valence-corrected chi connectivity index (χ4v) is 4.08. The van der Waals surface area contributed by atoms with Crippen molar-refractivity contribution in [1.29, 1.82) is 0 Å². The van der Waals surface area contributed by atoms with E-state index in [9.17, 15) is 29.3 Å². The van der Waals surface area contributed by atoms with E-state index in [1.807, 2.05) is 0 Å². The minimum Gasteiger partial charge on any atom is -0.508 e. The summed E-state index contributed by atoms with van der Waals surface area (Å²) in [5.74, 6) is -3.82. The molecule has 8 nitrogen and oxygen atoms in total. The number of carbonyl (C=O) groups is 2. The molecule has 0 amide bonds. The van der Waals surface area contributed by atoms with Gasteiger partial charge in [-0.3, -0.25) is 9.59 Å². The van der Waals surface area contributed by atoms with Crippen molar-refractivity contribution in [3.63, 3.8) is 0 Å². The first kappa shape index (κ1) is 21.3. The van der Waals surface area contributed by atoms with Gasteiger partial charge in [0.25, 0.3) is 0 Å². The molecular formula is C19H21NO7P+. The summed E-state index contributed by atoms with van der Waals surface area (Å²) in [5.41, 5.74) is -0.182. The number of anilines is 1. The van der Waals surface area contributed by atoms with Gasteiger partial charge in [0.05, 0.1) is 0 Å². The smallest absolute Gasteiger partial charge is 0.508 e. The first-order valence-corrected chi connectivity index (χ1v) is 9.78. The second-order valence-electron chi connectivity index (χ2n) is 6.25. The summed E-state index contributed by atoms with van der Waals surface area (Å²) in [6, 6.07) is 13.7. The molecule has 0 aromatic heterocycles. The molecule has 0 spiro atoms. The summed E-state index contributed by atoms with van der Waals surface area (Å²) in [7, 11) is -2.97. The fraction of sp³-hybridized carbons (Fsp3) is 0.263. The van der Waals surface area contributed by atoms with Crippen LogP contribution < -0.4 is 5.32 Å². The summed E-state index contributed by atoms with van der Waals surface area (Å²) >= 11 is 0. The molecule has 28 heavy (non-hydrogen) atoms. The van der Waals surface area contributed by atoms with E-state index >= 15 is 0 Å². The molecule has 0 saturated heterocycles. The van der Waals surface area contributed by atoms with Gasteiger partial charge in [0.1, 0.15) is 17.7 Å². The molecule has 2 aromatic carbocycles. The lowest BCUT2D eigenvalue weighted by atomic mass is 9.90. The Hall–Kier alpha value is -2.96. The van der Waals surface area contributed by atoms with E-state index in [2.05, 4.69) is 5.32 Å². The van der Waals surface area contributed by atoms with Crippen LogP contribution in [0.25, 0.3) is 0 Å². The quantitative estimate of drug-likeness (QED) is 0.299. The average Bonchev–Trinajstić information content (AvgIpc) is 2.65. The van der Waals surface area contributed by atoms with Crippen LogP contribution in [0.5, 0.6) is 5.75 Å². The van der Waals surface area contributed by atoms with Crippen LogP contribution in [-0.2, 0) is 14.2 Å². The van der Waals surface area contributed by atoms with Crippen molar-refractivity contribution in [2.45, 2.75) is 24.5 Å². The molecule has 4 unspecified atom stereocenters. The Labute approximate surface area is 162 Å². The molecule has 0 radical (unpaired) electrons. The zero-order valence-corrected chi connectivity index (χ0v) is 15.7. The van der Waals surface area contributed by atoms with Gasteiger partial charge in [0.2, 0.25) is 5.66 Å². The van der Waals surface area contributed by atoms with Crippen molar-refractivity contribution >= 4 is 25.7 Å². The molecule has 2 rings (SSSR count). The molecule has 4 atom stereocenters. The van der Waals surface area contributed by atoms with Crippen LogP contribution in [0, 0.1) is 5.92 Å². The van der Waals surface area contributed by atoms with Gasteiger partial charge in [-0.05, 0) is 40.8 Å². The van der Waals surface area contributed by atoms with E-state index in [-0.39, 0.29) is 12.2 Å². The summed E-state index contributed by atoms with van der Waals surface area (Å²) in [6.07, 6.45) is -0.713. The zero-order valence-electron chi connectivity index (χ0n) is 14.8. The van der Waals surface area contributed by atoms with Crippen molar-refractivity contribution < 1.29 is 34.4 Å². The molecule has 148 valence electrons. The maximum absolute atomic E-state index is 12.2. The molecule has 0 heterocycles. The number of aromatic hydroxyl groups is 1. The summed E-state index contributed by atoms with van der Waals surface area (Å²) < 4.78 is 12.2. The lowest BCUT2D eigenvalue weighted by molar-refractivity contribution is -0.143. The van der Waals surface area contributed by atoms with E-state index in [4.69, 9.17) is 5.11 Å². The Kier molecular flexibility index (Phi) is 7.49. The van der Waals surface area contributed by atoms with Gasteiger partial charge in [-0.2, -0.15) is 4.89 Å². The number of rotatable bonds is 10. The third-order valence-corrected chi connectivity index (χ3v) is 5.51. The van der Waals surface area contributed by atoms with Crippen LogP contribution in [-0.4, -0.2) is 37.8 Å². The van der Waals surface area contributed by atoms with Crippen LogP contribution in [0.3, 0.4) is 0 Å². The van der Waals surface area contributed by atoms with Crippen molar-refractivity contribution in [1.82, 2.24) is 0 Å². The maximum atomic E-state index is 12.2. The summed E-state index contributed by atoms with van der Waals surface area (Å²) in [6.45, 7) is 0. The number of nitrogens with one attached hydrogen (secondary N) is 1. The van der Waals surface area contributed by atoms with Crippen molar-refractivity contribution in [3.8, 4) is 5.75 Å². The topological polar surface area (TPSA) is 144 Å². The number of phenolic OH excluding ortho intramolecular Hbond substituents is 1. The first-order chi connectivity index (χ1) is 13.3. The average molecular weight is 406 g/mol. The zero-order chi connectivity index (χ0) is 20.7. The Bertz CT molecular complexity index is 826. The molecule has 0 bridgehead atoms. The molecule has 5 N–H and O–H groups in total. The lowest BCUT2D eigenvalue weighted by Gasteiger charge is -2.25. The number of carboxylic acid groups (broad SMARTS) is 2. The van der Waals surface area contributed by atoms with Crippen molar-refractivity contribution in [2.75, 3.05) is 5.32 Å². The molecule has 2 aromatic rings. The van der Waals surface area contributed by atoms with E-state index in [1.54, 1.807) is 42.5 Å². The highest BCUT2D eigenvalue weighted by atomic mass is 31.1. The highest BCUT2D eigenvalue weighted by molar-refractivity contribution is 7.39. The van der Waals surface area contributed by atoms with Crippen LogP contribution in [0.2, 0.25) is 0 Å². The minimum atomic E-state index is -2.97. The monoisotopic (exact) mass is 406 g/mol. The summed E-state index contributed by atoms with van der Waals surface area (Å²) in [5, 5.41) is 31.0. The second-order valence-corrected chi connectivity index (χ2v) is 7.45. The van der Waals surface area contributed by atoms with E-state index < -0.39 is 44.0 Å². The highest BCUT2D eigenvalue weighted by Crippen LogP contribution is 2.42. The highest BCUT2D eigenvalue weighted by Gasteiger charge is 2.48. The van der Waals surface area contributed by atoms with Gasteiger partial charge < -0.3 is 20.6 Å². The normalized spacial score (nSPS) is 14.5. The van der Waals surface area contributed by atoms with Gasteiger partial charge >= 0.3 is 20.0 Å². The van der Waals surface area contributed by atoms with Crippen LogP contribution in [0.1, 0.15) is 24.4 Å². The molecule has 0 aliphatic rings. The first-order valence-electron chi connectivity index (χ1n) is 8.50. The SMILES string of the molecule is O=C(O)CCC(C(=O)O)C(C(Nc1ccc(O)cc1)c1ccccc1)[P+](=O)O. The molecule has 9 heteroatoms. The fourth-order valence-electron chi connectivity index (χ4n) is 3.00. The summed E-state index contributed by atoms with van der Waals surface area (Å²) in [4.78, 5) is 32.7. The second kappa shape index (κ2) is 9.82. The number of benzene rings is 2.